The quantitative estimate of drug-likeness (QED) is 0.246. The molecule has 1 amide bonds. The van der Waals surface area contributed by atoms with Crippen molar-refractivity contribution in [2.45, 2.75) is 13.3 Å². The van der Waals surface area contributed by atoms with E-state index in [4.69, 9.17) is 11.5 Å². The third-order valence-corrected chi connectivity index (χ3v) is 0.631. The van der Waals surface area contributed by atoms with E-state index in [1.807, 2.05) is 0 Å². The lowest BCUT2D eigenvalue weighted by atomic mass is 10.5. The Bertz CT molecular complexity index is 127. The van der Waals surface area contributed by atoms with Crippen molar-refractivity contribution in [3.8, 4) is 0 Å². The summed E-state index contributed by atoms with van der Waals surface area (Å²) in [6, 6.07) is 0. The smallest absolute Gasteiger partial charge is 0.239 e. The third-order valence-electron chi connectivity index (χ3n) is 0.631. The van der Waals surface area contributed by atoms with Gasteiger partial charge in [0, 0.05) is 6.42 Å². The molecule has 0 aliphatic heterocycles. The first-order valence-corrected chi connectivity index (χ1v) is 2.54. The van der Waals surface area contributed by atoms with Gasteiger partial charge in [0.2, 0.25) is 11.9 Å². The fourth-order valence-corrected chi connectivity index (χ4v) is 0.206. The van der Waals surface area contributed by atoms with Crippen molar-refractivity contribution in [3.05, 3.63) is 0 Å². The Kier molecular flexibility index (Phi) is 3.19. The zero-order chi connectivity index (χ0) is 7.28. The van der Waals surface area contributed by atoms with Gasteiger partial charge in [-0.2, -0.15) is 0 Å². The van der Waals surface area contributed by atoms with Gasteiger partial charge in [-0.25, -0.2) is 5.43 Å². The lowest BCUT2D eigenvalue weighted by Crippen LogP contribution is -2.28. The highest BCUT2D eigenvalue weighted by atomic mass is 16.2. The summed E-state index contributed by atoms with van der Waals surface area (Å²) in [5.41, 5.74) is 11.9. The summed E-state index contributed by atoms with van der Waals surface area (Å²) in [4.78, 5) is 10.4. The van der Waals surface area contributed by atoms with E-state index in [0.29, 0.717) is 6.42 Å². The fraction of sp³-hybridized carbons (Fsp3) is 0.500. The molecular weight excluding hydrogens is 120 g/mol. The number of hydrogen-bond acceptors (Lipinski definition) is 2. The van der Waals surface area contributed by atoms with Gasteiger partial charge in [0.25, 0.3) is 0 Å². The average Bonchev–Trinajstić information content (AvgIpc) is 1.83. The van der Waals surface area contributed by atoms with E-state index in [0.717, 1.165) is 0 Å². The van der Waals surface area contributed by atoms with Crippen LogP contribution >= 0.6 is 0 Å². The van der Waals surface area contributed by atoms with Crippen LogP contribution in [0.15, 0.2) is 5.10 Å². The molecule has 0 spiro atoms. The molecule has 0 atom stereocenters. The number of guanidine groups is 1. The topological polar surface area (TPSA) is 93.5 Å². The highest BCUT2D eigenvalue weighted by Gasteiger charge is 1.90. The van der Waals surface area contributed by atoms with Crippen molar-refractivity contribution >= 4 is 11.9 Å². The zero-order valence-electron chi connectivity index (χ0n) is 5.22. The summed E-state index contributed by atoms with van der Waals surface area (Å²) in [7, 11) is 0. The molecule has 0 aromatic heterocycles. The normalized spacial score (nSPS) is 8.11. The van der Waals surface area contributed by atoms with E-state index in [9.17, 15) is 4.79 Å². The van der Waals surface area contributed by atoms with Crippen molar-refractivity contribution in [1.82, 2.24) is 5.43 Å². The van der Waals surface area contributed by atoms with Crippen LogP contribution in [0.25, 0.3) is 0 Å². The third kappa shape index (κ3) is 4.60. The first kappa shape index (κ1) is 7.74. The van der Waals surface area contributed by atoms with Crippen LogP contribution < -0.4 is 16.9 Å². The Morgan fingerprint density at radius 2 is 2.22 bits per heavy atom. The van der Waals surface area contributed by atoms with Crippen LogP contribution in [0.3, 0.4) is 0 Å². The maximum absolute atomic E-state index is 10.4. The molecule has 0 aromatic carbocycles. The Morgan fingerprint density at radius 3 is 2.56 bits per heavy atom. The van der Waals surface area contributed by atoms with Gasteiger partial charge in [-0.1, -0.05) is 6.92 Å². The first-order valence-electron chi connectivity index (χ1n) is 2.54. The molecule has 0 fully saturated rings. The van der Waals surface area contributed by atoms with Crippen LogP contribution in [-0.4, -0.2) is 11.9 Å². The van der Waals surface area contributed by atoms with Crippen LogP contribution in [0, 0.1) is 0 Å². The molecule has 0 heterocycles. The van der Waals surface area contributed by atoms with Crippen molar-refractivity contribution in [1.29, 1.82) is 0 Å². The van der Waals surface area contributed by atoms with Crippen molar-refractivity contribution < 1.29 is 4.79 Å². The molecule has 0 aliphatic carbocycles. The van der Waals surface area contributed by atoms with Crippen LogP contribution in [0.5, 0.6) is 0 Å². The molecule has 0 saturated heterocycles. The highest BCUT2D eigenvalue weighted by Crippen LogP contribution is 1.72. The minimum Gasteiger partial charge on any atom is -0.369 e. The van der Waals surface area contributed by atoms with E-state index in [1.165, 1.54) is 0 Å². The number of hydrazone groups is 1. The molecule has 5 nitrogen and oxygen atoms in total. The average molecular weight is 130 g/mol. The molecule has 5 heteroatoms. The maximum atomic E-state index is 10.4. The maximum Gasteiger partial charge on any atom is 0.239 e. The van der Waals surface area contributed by atoms with Crippen LogP contribution in [-0.2, 0) is 4.79 Å². The van der Waals surface area contributed by atoms with Gasteiger partial charge in [-0.05, 0) is 0 Å². The summed E-state index contributed by atoms with van der Waals surface area (Å²) in [6.45, 7) is 1.71. The second-order valence-electron chi connectivity index (χ2n) is 1.43. The molecule has 0 aromatic rings. The number of rotatable bonds is 2. The van der Waals surface area contributed by atoms with Crippen molar-refractivity contribution in [2.75, 3.05) is 0 Å². The number of nitrogens with two attached hydrogens (primary N) is 2. The Hall–Kier alpha value is -1.26. The first-order chi connectivity index (χ1) is 4.16. The lowest BCUT2D eigenvalue weighted by Gasteiger charge is -1.93. The summed E-state index contributed by atoms with van der Waals surface area (Å²) < 4.78 is 0. The van der Waals surface area contributed by atoms with E-state index in [-0.39, 0.29) is 11.9 Å². The summed E-state index contributed by atoms with van der Waals surface area (Å²) in [6.07, 6.45) is 0.372. The lowest BCUT2D eigenvalue weighted by molar-refractivity contribution is -0.120. The Morgan fingerprint density at radius 1 is 1.67 bits per heavy atom. The minimum atomic E-state index is -0.205. The second-order valence-corrected chi connectivity index (χ2v) is 1.43. The standard InChI is InChI=1S/C4H10N4O/c1-2-3(9)7-8-4(5)6/h2H2,1H3,(H,7,9)(H4,5,6,8). The number of nitrogens with zero attached hydrogens (tertiary/aromatic N) is 1. The highest BCUT2D eigenvalue weighted by molar-refractivity contribution is 5.80. The molecule has 9 heavy (non-hydrogen) atoms. The van der Waals surface area contributed by atoms with E-state index in [2.05, 4.69) is 10.5 Å². The summed E-state index contributed by atoms with van der Waals surface area (Å²) >= 11 is 0. The Labute approximate surface area is 53.1 Å². The molecule has 52 valence electrons. The Balaban J connectivity index is 3.50. The number of nitrogens with one attached hydrogen (secondary N) is 1. The number of carbonyl (C=O) groups is 1. The van der Waals surface area contributed by atoms with Gasteiger partial charge in [0.15, 0.2) is 0 Å². The van der Waals surface area contributed by atoms with Gasteiger partial charge in [0.1, 0.15) is 0 Å². The molecule has 0 saturated carbocycles. The van der Waals surface area contributed by atoms with Gasteiger partial charge in [-0.3, -0.25) is 4.79 Å². The van der Waals surface area contributed by atoms with Crippen molar-refractivity contribution in [2.24, 2.45) is 16.6 Å². The minimum absolute atomic E-state index is 0.142. The van der Waals surface area contributed by atoms with E-state index < -0.39 is 0 Å². The van der Waals surface area contributed by atoms with Gasteiger partial charge in [0.05, 0.1) is 0 Å². The van der Waals surface area contributed by atoms with Crippen LogP contribution in [0.4, 0.5) is 0 Å². The zero-order valence-corrected chi connectivity index (χ0v) is 5.22. The molecule has 5 N–H and O–H groups in total. The van der Waals surface area contributed by atoms with Crippen LogP contribution in [0.1, 0.15) is 13.3 Å². The second kappa shape index (κ2) is 3.71. The monoisotopic (exact) mass is 130 g/mol. The van der Waals surface area contributed by atoms with Gasteiger partial charge in [-0.15, -0.1) is 5.10 Å². The molecule has 0 radical (unpaired) electrons. The fourth-order valence-electron chi connectivity index (χ4n) is 0.206. The van der Waals surface area contributed by atoms with Gasteiger partial charge >= 0.3 is 0 Å². The van der Waals surface area contributed by atoms with Crippen molar-refractivity contribution in [3.63, 3.8) is 0 Å². The van der Waals surface area contributed by atoms with Crippen LogP contribution in [0.2, 0.25) is 0 Å². The van der Waals surface area contributed by atoms with Gasteiger partial charge < -0.3 is 11.5 Å². The molecular formula is C4H10N4O. The number of hydrogen-bond donors (Lipinski definition) is 3. The molecule has 0 aliphatic rings. The molecule has 0 rings (SSSR count). The molecule has 0 unspecified atom stereocenters. The largest absolute Gasteiger partial charge is 0.369 e. The molecule has 0 bridgehead atoms. The number of amides is 1. The summed E-state index contributed by atoms with van der Waals surface area (Å²) in [5, 5.41) is 3.27. The number of carbonyl (C=O) groups excluding carboxylic acids is 1. The predicted molar refractivity (Wildman–Crippen MR) is 34.2 cm³/mol. The van der Waals surface area contributed by atoms with E-state index in [1.54, 1.807) is 6.92 Å². The predicted octanol–water partition coefficient (Wildman–Crippen LogP) is -1.30. The van der Waals surface area contributed by atoms with E-state index >= 15 is 0 Å². The SMILES string of the molecule is CCC(=O)NN=C(N)N. The summed E-state index contributed by atoms with van der Waals surface area (Å²) in [5.74, 6) is -0.347.